The Morgan fingerprint density at radius 1 is 1.12 bits per heavy atom. The lowest BCUT2D eigenvalue weighted by molar-refractivity contribution is 0.265. The Hall–Kier alpha value is -1.38. The van der Waals surface area contributed by atoms with Crippen molar-refractivity contribution in [3.05, 3.63) is 47.5 Å². The molecule has 0 saturated carbocycles. The molecule has 16 heavy (non-hydrogen) atoms. The second-order valence-electron chi connectivity index (χ2n) is 4.23. The fourth-order valence-corrected chi connectivity index (χ4v) is 2.04. The van der Waals surface area contributed by atoms with E-state index in [0.717, 1.165) is 6.42 Å². The molecule has 0 aliphatic carbocycles. The van der Waals surface area contributed by atoms with Gasteiger partial charge in [-0.1, -0.05) is 36.4 Å². The largest absolute Gasteiger partial charge is 0.395 e. The summed E-state index contributed by atoms with van der Waals surface area (Å²) >= 11 is 0. The molecule has 3 N–H and O–H groups in total. The van der Waals surface area contributed by atoms with Gasteiger partial charge in [0.15, 0.2) is 0 Å². The fraction of sp³-hybridized carbons (Fsp3) is 0.286. The molecule has 0 saturated heterocycles. The lowest BCUT2D eigenvalue weighted by atomic mass is 9.96. The van der Waals surface area contributed by atoms with Gasteiger partial charge in [0.2, 0.25) is 0 Å². The van der Waals surface area contributed by atoms with Crippen LogP contribution in [0, 0.1) is 6.92 Å². The van der Waals surface area contributed by atoms with Crippen molar-refractivity contribution in [1.82, 2.24) is 0 Å². The van der Waals surface area contributed by atoms with E-state index in [1.165, 1.54) is 21.9 Å². The van der Waals surface area contributed by atoms with E-state index in [9.17, 15) is 0 Å². The third kappa shape index (κ3) is 2.08. The topological polar surface area (TPSA) is 46.2 Å². The molecule has 0 bridgehead atoms. The van der Waals surface area contributed by atoms with Crippen molar-refractivity contribution in [2.45, 2.75) is 19.4 Å². The van der Waals surface area contributed by atoms with Gasteiger partial charge in [0.1, 0.15) is 0 Å². The van der Waals surface area contributed by atoms with Gasteiger partial charge < -0.3 is 10.8 Å². The molecule has 84 valence electrons. The molecule has 2 aromatic carbocycles. The zero-order valence-corrected chi connectivity index (χ0v) is 9.48. The summed E-state index contributed by atoms with van der Waals surface area (Å²) in [5, 5.41) is 11.5. The Morgan fingerprint density at radius 3 is 2.50 bits per heavy atom. The first-order chi connectivity index (χ1) is 7.72. The summed E-state index contributed by atoms with van der Waals surface area (Å²) in [6.07, 6.45) is 0.720. The zero-order valence-electron chi connectivity index (χ0n) is 9.48. The summed E-state index contributed by atoms with van der Waals surface area (Å²) in [4.78, 5) is 0. The van der Waals surface area contributed by atoms with E-state index in [4.69, 9.17) is 10.8 Å². The van der Waals surface area contributed by atoms with Gasteiger partial charge in [0, 0.05) is 6.04 Å². The molecule has 0 aliphatic rings. The summed E-state index contributed by atoms with van der Waals surface area (Å²) in [6, 6.07) is 12.4. The second-order valence-corrected chi connectivity index (χ2v) is 4.23. The van der Waals surface area contributed by atoms with Crippen molar-refractivity contribution in [3.63, 3.8) is 0 Å². The molecule has 2 heteroatoms. The maximum Gasteiger partial charge on any atom is 0.0585 e. The van der Waals surface area contributed by atoms with Gasteiger partial charge in [-0.2, -0.15) is 0 Å². The average molecular weight is 215 g/mol. The molecule has 0 heterocycles. The summed E-state index contributed by atoms with van der Waals surface area (Å²) in [5.74, 6) is 0. The van der Waals surface area contributed by atoms with Crippen molar-refractivity contribution < 1.29 is 5.11 Å². The molecule has 0 spiro atoms. The summed E-state index contributed by atoms with van der Waals surface area (Å²) in [6.45, 7) is 2.14. The Labute approximate surface area is 95.7 Å². The molecule has 2 aromatic rings. The molecule has 1 unspecified atom stereocenters. The molecule has 0 amide bonds. The van der Waals surface area contributed by atoms with Crippen LogP contribution in [0.25, 0.3) is 10.8 Å². The minimum Gasteiger partial charge on any atom is -0.395 e. The first-order valence-corrected chi connectivity index (χ1v) is 5.56. The maximum atomic E-state index is 9.00. The fourth-order valence-electron chi connectivity index (χ4n) is 2.04. The number of fused-ring (bicyclic) bond motifs is 1. The van der Waals surface area contributed by atoms with Crippen LogP contribution in [0.2, 0.25) is 0 Å². The minimum absolute atomic E-state index is 0.0300. The predicted molar refractivity (Wildman–Crippen MR) is 67.5 cm³/mol. The van der Waals surface area contributed by atoms with Gasteiger partial charge in [0.25, 0.3) is 0 Å². The third-order valence-electron chi connectivity index (χ3n) is 2.95. The van der Waals surface area contributed by atoms with Gasteiger partial charge in [-0.05, 0) is 35.2 Å². The Balaban J connectivity index is 2.50. The molecule has 2 nitrogen and oxygen atoms in total. The minimum atomic E-state index is -0.175. The molecular formula is C14H17NO. The molecule has 1 atom stereocenters. The van der Waals surface area contributed by atoms with Crippen LogP contribution in [-0.4, -0.2) is 17.8 Å². The normalized spacial score (nSPS) is 12.9. The van der Waals surface area contributed by atoms with Gasteiger partial charge in [0.05, 0.1) is 6.61 Å². The van der Waals surface area contributed by atoms with Gasteiger partial charge in [-0.3, -0.25) is 0 Å². The Kier molecular flexibility index (Phi) is 3.22. The predicted octanol–water partition coefficient (Wildman–Crippen LogP) is 2.01. The van der Waals surface area contributed by atoms with Crippen LogP contribution in [0.4, 0.5) is 0 Å². The number of aliphatic hydroxyl groups excluding tert-OH is 1. The first kappa shape index (κ1) is 11.1. The van der Waals surface area contributed by atoms with E-state index in [1.807, 2.05) is 12.1 Å². The van der Waals surface area contributed by atoms with Crippen LogP contribution < -0.4 is 5.73 Å². The van der Waals surface area contributed by atoms with E-state index >= 15 is 0 Å². The van der Waals surface area contributed by atoms with Crippen molar-refractivity contribution in [2.75, 3.05) is 6.61 Å². The van der Waals surface area contributed by atoms with E-state index < -0.39 is 0 Å². The van der Waals surface area contributed by atoms with Crippen LogP contribution in [0.3, 0.4) is 0 Å². The van der Waals surface area contributed by atoms with E-state index in [2.05, 4.69) is 31.2 Å². The number of rotatable bonds is 3. The number of aliphatic hydroxyl groups is 1. The van der Waals surface area contributed by atoms with Crippen molar-refractivity contribution >= 4 is 10.8 Å². The third-order valence-corrected chi connectivity index (χ3v) is 2.95. The van der Waals surface area contributed by atoms with Crippen molar-refractivity contribution in [1.29, 1.82) is 0 Å². The standard InChI is InChI=1S/C14H17NO/c1-10-6-7-11(8-12(15)9-16)14-5-3-2-4-13(10)14/h2-7,12,16H,8-9,15H2,1H3. The summed E-state index contributed by atoms with van der Waals surface area (Å²) < 4.78 is 0. The lowest BCUT2D eigenvalue weighted by Crippen LogP contribution is -2.26. The number of hydrogen-bond acceptors (Lipinski definition) is 2. The molecule has 0 aliphatic heterocycles. The van der Waals surface area contributed by atoms with E-state index in [0.29, 0.717) is 0 Å². The van der Waals surface area contributed by atoms with Crippen molar-refractivity contribution in [2.24, 2.45) is 5.73 Å². The van der Waals surface area contributed by atoms with E-state index in [-0.39, 0.29) is 12.6 Å². The number of nitrogens with two attached hydrogens (primary N) is 1. The van der Waals surface area contributed by atoms with Gasteiger partial charge >= 0.3 is 0 Å². The average Bonchev–Trinajstić information content (AvgIpc) is 2.33. The highest BCUT2D eigenvalue weighted by atomic mass is 16.3. The first-order valence-electron chi connectivity index (χ1n) is 5.56. The SMILES string of the molecule is Cc1ccc(CC(N)CO)c2ccccc12. The van der Waals surface area contributed by atoms with E-state index in [1.54, 1.807) is 0 Å². The van der Waals surface area contributed by atoms with Crippen LogP contribution in [-0.2, 0) is 6.42 Å². The summed E-state index contributed by atoms with van der Waals surface area (Å²) in [5.41, 5.74) is 8.27. The highest BCUT2D eigenvalue weighted by molar-refractivity contribution is 5.88. The van der Waals surface area contributed by atoms with Gasteiger partial charge in [-0.25, -0.2) is 0 Å². The molecular weight excluding hydrogens is 198 g/mol. The molecule has 0 radical (unpaired) electrons. The highest BCUT2D eigenvalue weighted by Gasteiger charge is 2.07. The number of benzene rings is 2. The maximum absolute atomic E-state index is 9.00. The zero-order chi connectivity index (χ0) is 11.5. The highest BCUT2D eigenvalue weighted by Crippen LogP contribution is 2.23. The van der Waals surface area contributed by atoms with Gasteiger partial charge in [-0.15, -0.1) is 0 Å². The van der Waals surface area contributed by atoms with Crippen LogP contribution >= 0.6 is 0 Å². The number of aryl methyl sites for hydroxylation is 1. The monoisotopic (exact) mass is 215 g/mol. The lowest BCUT2D eigenvalue weighted by Gasteiger charge is -2.12. The smallest absolute Gasteiger partial charge is 0.0585 e. The molecule has 0 fully saturated rings. The quantitative estimate of drug-likeness (QED) is 0.822. The van der Waals surface area contributed by atoms with Crippen LogP contribution in [0.15, 0.2) is 36.4 Å². The Bertz CT molecular complexity index is 493. The van der Waals surface area contributed by atoms with Crippen LogP contribution in [0.1, 0.15) is 11.1 Å². The number of hydrogen-bond donors (Lipinski definition) is 2. The second kappa shape index (κ2) is 4.64. The molecule has 0 aromatic heterocycles. The Morgan fingerprint density at radius 2 is 1.81 bits per heavy atom. The van der Waals surface area contributed by atoms with Crippen molar-refractivity contribution in [3.8, 4) is 0 Å². The van der Waals surface area contributed by atoms with Crippen LogP contribution in [0.5, 0.6) is 0 Å². The summed E-state index contributed by atoms with van der Waals surface area (Å²) in [7, 11) is 0. The molecule has 2 rings (SSSR count).